The summed E-state index contributed by atoms with van der Waals surface area (Å²) in [6.45, 7) is 3.27. The van der Waals surface area contributed by atoms with Crippen molar-refractivity contribution in [3.05, 3.63) is 24.0 Å². The molecule has 0 aliphatic heterocycles. The van der Waals surface area contributed by atoms with Gasteiger partial charge in [-0.2, -0.15) is 0 Å². The maximum absolute atomic E-state index is 13.5. The minimum absolute atomic E-state index is 0.111. The van der Waals surface area contributed by atoms with Crippen molar-refractivity contribution in [3.63, 3.8) is 0 Å². The molecule has 1 aromatic carbocycles. The van der Waals surface area contributed by atoms with Gasteiger partial charge < -0.3 is 10.4 Å². The minimum atomic E-state index is -3.90. The average molecular weight is 262 g/mol. The third kappa shape index (κ3) is 4.29. The standard InChI is InChI=1S/C10H15FN2O3S/c1-10(2,14)6-13-9-4-3-7(5-8(9)11)17(12,15)16/h3-5,13-14H,6H2,1-2H3,(H2,12,15,16). The highest BCUT2D eigenvalue weighted by molar-refractivity contribution is 7.89. The molecular formula is C10H15FN2O3S. The van der Waals surface area contributed by atoms with Crippen LogP contribution in [0, 0.1) is 5.82 Å². The molecule has 5 nitrogen and oxygen atoms in total. The third-order valence-corrected chi connectivity index (χ3v) is 2.89. The fraction of sp³-hybridized carbons (Fsp3) is 0.400. The molecule has 1 aromatic rings. The normalized spacial score (nSPS) is 12.5. The first-order valence-corrected chi connectivity index (χ1v) is 6.43. The molecule has 0 saturated heterocycles. The second kappa shape index (κ2) is 4.59. The van der Waals surface area contributed by atoms with Gasteiger partial charge in [0.15, 0.2) is 0 Å². The molecule has 0 aliphatic carbocycles. The first kappa shape index (κ1) is 13.9. The van der Waals surface area contributed by atoms with E-state index in [1.165, 1.54) is 12.1 Å². The Balaban J connectivity index is 2.92. The highest BCUT2D eigenvalue weighted by Gasteiger charge is 2.15. The Morgan fingerprint density at radius 3 is 2.47 bits per heavy atom. The fourth-order valence-corrected chi connectivity index (χ4v) is 1.65. The van der Waals surface area contributed by atoms with E-state index in [-0.39, 0.29) is 17.1 Å². The van der Waals surface area contributed by atoms with Crippen LogP contribution >= 0.6 is 0 Å². The molecule has 0 spiro atoms. The Kier molecular flexibility index (Phi) is 3.75. The summed E-state index contributed by atoms with van der Waals surface area (Å²) in [5, 5.41) is 17.0. The third-order valence-electron chi connectivity index (χ3n) is 1.98. The Morgan fingerprint density at radius 2 is 2.06 bits per heavy atom. The molecule has 0 bridgehead atoms. The van der Waals surface area contributed by atoms with Crippen molar-refractivity contribution in [2.24, 2.45) is 5.14 Å². The maximum atomic E-state index is 13.5. The summed E-state index contributed by atoms with van der Waals surface area (Å²) in [5.74, 6) is -0.735. The van der Waals surface area contributed by atoms with Crippen LogP contribution in [0.3, 0.4) is 0 Å². The van der Waals surface area contributed by atoms with Crippen LogP contribution in [0.5, 0.6) is 0 Å². The summed E-state index contributed by atoms with van der Waals surface area (Å²) in [6, 6.07) is 3.30. The van der Waals surface area contributed by atoms with Crippen molar-refractivity contribution in [3.8, 4) is 0 Å². The topological polar surface area (TPSA) is 92.4 Å². The van der Waals surface area contributed by atoms with Crippen LogP contribution in [0.4, 0.5) is 10.1 Å². The Labute approximate surface area is 99.5 Å². The molecule has 7 heteroatoms. The van der Waals surface area contributed by atoms with Gasteiger partial charge in [0.25, 0.3) is 0 Å². The lowest BCUT2D eigenvalue weighted by Crippen LogP contribution is -2.29. The Morgan fingerprint density at radius 1 is 1.47 bits per heavy atom. The van der Waals surface area contributed by atoms with E-state index >= 15 is 0 Å². The molecule has 0 radical (unpaired) electrons. The van der Waals surface area contributed by atoms with E-state index in [1.54, 1.807) is 13.8 Å². The van der Waals surface area contributed by atoms with Gasteiger partial charge in [-0.15, -0.1) is 0 Å². The van der Waals surface area contributed by atoms with Crippen LogP contribution in [0.25, 0.3) is 0 Å². The van der Waals surface area contributed by atoms with Crippen LogP contribution in [-0.2, 0) is 10.0 Å². The highest BCUT2D eigenvalue weighted by atomic mass is 32.2. The summed E-state index contributed by atoms with van der Waals surface area (Å²) in [7, 11) is -3.90. The van der Waals surface area contributed by atoms with Crippen molar-refractivity contribution >= 4 is 15.7 Å². The number of primary sulfonamides is 1. The second-order valence-electron chi connectivity index (χ2n) is 4.35. The number of nitrogens with two attached hydrogens (primary N) is 1. The molecular weight excluding hydrogens is 247 g/mol. The number of rotatable bonds is 4. The number of anilines is 1. The zero-order valence-corrected chi connectivity index (χ0v) is 10.4. The molecule has 0 amide bonds. The average Bonchev–Trinajstić information content (AvgIpc) is 2.12. The summed E-state index contributed by atoms with van der Waals surface area (Å²) >= 11 is 0. The first-order chi connectivity index (χ1) is 7.59. The summed E-state index contributed by atoms with van der Waals surface area (Å²) in [4.78, 5) is -0.288. The van der Waals surface area contributed by atoms with E-state index in [9.17, 15) is 17.9 Å². The Bertz CT molecular complexity index is 509. The molecule has 96 valence electrons. The van der Waals surface area contributed by atoms with Crippen molar-refractivity contribution in [1.82, 2.24) is 0 Å². The van der Waals surface area contributed by atoms with Crippen LogP contribution < -0.4 is 10.5 Å². The molecule has 17 heavy (non-hydrogen) atoms. The molecule has 0 aliphatic rings. The molecule has 0 aromatic heterocycles. The lowest BCUT2D eigenvalue weighted by atomic mass is 10.1. The zero-order chi connectivity index (χ0) is 13.3. The molecule has 1 rings (SSSR count). The van der Waals surface area contributed by atoms with Crippen molar-refractivity contribution in [2.75, 3.05) is 11.9 Å². The van der Waals surface area contributed by atoms with Crippen LogP contribution in [0.15, 0.2) is 23.1 Å². The molecule has 0 heterocycles. The van der Waals surface area contributed by atoms with Crippen molar-refractivity contribution in [1.29, 1.82) is 0 Å². The van der Waals surface area contributed by atoms with Gasteiger partial charge in [-0.3, -0.25) is 0 Å². The van der Waals surface area contributed by atoms with Gasteiger partial charge in [0.1, 0.15) is 5.82 Å². The first-order valence-electron chi connectivity index (χ1n) is 4.88. The van der Waals surface area contributed by atoms with Crippen LogP contribution in [0.2, 0.25) is 0 Å². The van der Waals surface area contributed by atoms with E-state index in [2.05, 4.69) is 5.32 Å². The van der Waals surface area contributed by atoms with Gasteiger partial charge >= 0.3 is 0 Å². The maximum Gasteiger partial charge on any atom is 0.238 e. The van der Waals surface area contributed by atoms with E-state index < -0.39 is 21.4 Å². The second-order valence-corrected chi connectivity index (χ2v) is 5.91. The molecule has 0 unspecified atom stereocenters. The van der Waals surface area contributed by atoms with E-state index in [1.807, 2.05) is 0 Å². The monoisotopic (exact) mass is 262 g/mol. The lowest BCUT2D eigenvalue weighted by molar-refractivity contribution is 0.0944. The van der Waals surface area contributed by atoms with E-state index in [4.69, 9.17) is 5.14 Å². The molecule has 0 saturated carbocycles. The number of hydrogen-bond acceptors (Lipinski definition) is 4. The number of halogens is 1. The van der Waals surface area contributed by atoms with Crippen LogP contribution in [0.1, 0.15) is 13.8 Å². The van der Waals surface area contributed by atoms with Gasteiger partial charge in [-0.25, -0.2) is 17.9 Å². The number of benzene rings is 1. The zero-order valence-electron chi connectivity index (χ0n) is 9.57. The van der Waals surface area contributed by atoms with E-state index in [0.29, 0.717) is 0 Å². The minimum Gasteiger partial charge on any atom is -0.389 e. The Hall–Kier alpha value is -1.18. The number of hydrogen-bond donors (Lipinski definition) is 3. The summed E-state index contributed by atoms with van der Waals surface area (Å²) in [6.07, 6.45) is 0. The molecule has 0 atom stereocenters. The largest absolute Gasteiger partial charge is 0.389 e. The quantitative estimate of drug-likeness (QED) is 0.743. The van der Waals surface area contributed by atoms with Crippen molar-refractivity contribution in [2.45, 2.75) is 24.3 Å². The predicted octanol–water partition coefficient (Wildman–Crippen LogP) is 0.656. The smallest absolute Gasteiger partial charge is 0.238 e. The van der Waals surface area contributed by atoms with Gasteiger partial charge in [0, 0.05) is 6.54 Å². The van der Waals surface area contributed by atoms with Gasteiger partial charge in [-0.1, -0.05) is 0 Å². The summed E-state index contributed by atoms with van der Waals surface area (Å²) < 4.78 is 35.4. The van der Waals surface area contributed by atoms with Gasteiger partial charge in [0.2, 0.25) is 10.0 Å². The van der Waals surface area contributed by atoms with Gasteiger partial charge in [0.05, 0.1) is 16.2 Å². The SMILES string of the molecule is CC(C)(O)CNc1ccc(S(N)(=O)=O)cc1F. The molecule has 4 N–H and O–H groups in total. The highest BCUT2D eigenvalue weighted by Crippen LogP contribution is 2.18. The van der Waals surface area contributed by atoms with Crippen LogP contribution in [-0.4, -0.2) is 25.7 Å². The predicted molar refractivity (Wildman–Crippen MR) is 62.6 cm³/mol. The number of sulfonamides is 1. The van der Waals surface area contributed by atoms with Crippen molar-refractivity contribution < 1.29 is 17.9 Å². The summed E-state index contributed by atoms with van der Waals surface area (Å²) in [5.41, 5.74) is -0.884. The lowest BCUT2D eigenvalue weighted by Gasteiger charge is -2.18. The molecule has 0 fully saturated rings. The van der Waals surface area contributed by atoms with E-state index in [0.717, 1.165) is 6.07 Å². The number of aliphatic hydroxyl groups is 1. The van der Waals surface area contributed by atoms with Gasteiger partial charge in [-0.05, 0) is 32.0 Å². The number of nitrogens with one attached hydrogen (secondary N) is 1. The fourth-order valence-electron chi connectivity index (χ4n) is 1.13.